The maximum absolute atomic E-state index is 13.3. The number of hydrogen-bond donors (Lipinski definition) is 0. The maximum Gasteiger partial charge on any atom is 0.303 e. The highest BCUT2D eigenvalue weighted by atomic mass is 31.2. The molecule has 11 nitrogen and oxygen atoms in total. The molecule has 0 bridgehead atoms. The lowest BCUT2D eigenvalue weighted by atomic mass is 10.1. The van der Waals surface area contributed by atoms with Crippen LogP contribution in [0, 0.1) is 5.92 Å². The highest BCUT2D eigenvalue weighted by Crippen LogP contribution is 2.36. The number of carbonyl (C=O) groups excluding carboxylic acids is 4. The molecule has 242 valence electrons. The lowest BCUT2D eigenvalue weighted by Gasteiger charge is -2.25. The van der Waals surface area contributed by atoms with Crippen LogP contribution in [0.3, 0.4) is 0 Å². The van der Waals surface area contributed by atoms with Crippen molar-refractivity contribution in [2.75, 3.05) is 32.8 Å². The molecule has 1 aliphatic rings. The second-order valence-corrected chi connectivity index (χ2v) is 15.8. The number of nitrogens with zero attached hydrogens (tertiary/aromatic N) is 4. The van der Waals surface area contributed by atoms with Gasteiger partial charge < -0.3 is 18.9 Å². The van der Waals surface area contributed by atoms with E-state index in [4.69, 9.17) is 9.47 Å². The van der Waals surface area contributed by atoms with Crippen molar-refractivity contribution < 1.29 is 37.8 Å². The topological polar surface area (TPSA) is 119 Å². The van der Waals surface area contributed by atoms with E-state index in [9.17, 15) is 23.7 Å². The number of amides is 3. The van der Waals surface area contributed by atoms with Gasteiger partial charge >= 0.3 is 5.97 Å². The summed E-state index contributed by atoms with van der Waals surface area (Å²) in [7, 11) is -2.49. The van der Waals surface area contributed by atoms with E-state index in [1.54, 1.807) is 49.4 Å². The SMILES string of the molecule is CC[n+]1c(CN2C(=O)c3ccccc3C2=O)n(C[C@H](C)OC(C)=O)c2cc(OCCN(CP(C)(C)=O)C(=O)CC(C)C)ccc21. The van der Waals surface area contributed by atoms with Crippen molar-refractivity contribution >= 4 is 41.9 Å². The first-order chi connectivity index (χ1) is 21.2. The van der Waals surface area contributed by atoms with Gasteiger partial charge in [0.1, 0.15) is 38.7 Å². The molecule has 4 rings (SSSR count). The molecule has 0 unspecified atom stereocenters. The number of hydrogen-bond acceptors (Lipinski definition) is 7. The molecule has 2 aromatic carbocycles. The lowest BCUT2D eigenvalue weighted by molar-refractivity contribution is -0.677. The van der Waals surface area contributed by atoms with Crippen molar-refractivity contribution in [2.24, 2.45) is 5.92 Å². The van der Waals surface area contributed by atoms with E-state index in [1.165, 1.54) is 11.8 Å². The molecule has 2 heterocycles. The van der Waals surface area contributed by atoms with Gasteiger partial charge in [-0.05, 0) is 57.4 Å². The monoisotopic (exact) mass is 639 g/mol. The molecule has 0 radical (unpaired) electrons. The fourth-order valence-corrected chi connectivity index (χ4v) is 6.85. The number of carbonyl (C=O) groups is 4. The first-order valence-corrected chi connectivity index (χ1v) is 18.1. The van der Waals surface area contributed by atoms with E-state index in [0.29, 0.717) is 42.2 Å². The Balaban J connectivity index is 1.66. The zero-order chi connectivity index (χ0) is 33.1. The number of rotatable bonds is 14. The first kappa shape index (κ1) is 33.9. The van der Waals surface area contributed by atoms with Crippen LogP contribution < -0.4 is 9.30 Å². The molecule has 1 atom stereocenters. The molecule has 0 saturated heterocycles. The Kier molecular flexibility index (Phi) is 10.5. The zero-order valence-electron chi connectivity index (χ0n) is 27.2. The van der Waals surface area contributed by atoms with Gasteiger partial charge in [-0.25, -0.2) is 9.13 Å². The second-order valence-electron chi connectivity index (χ2n) is 12.4. The summed E-state index contributed by atoms with van der Waals surface area (Å²) in [6, 6.07) is 12.4. The average molecular weight is 640 g/mol. The summed E-state index contributed by atoms with van der Waals surface area (Å²) in [6.45, 7) is 13.8. The number of imidazole rings is 1. The molecule has 0 fully saturated rings. The number of ether oxygens (including phenoxy) is 2. The van der Waals surface area contributed by atoms with E-state index >= 15 is 0 Å². The van der Waals surface area contributed by atoms with Crippen LogP contribution in [-0.4, -0.2) is 76.9 Å². The molecule has 45 heavy (non-hydrogen) atoms. The van der Waals surface area contributed by atoms with Crippen LogP contribution in [0.2, 0.25) is 0 Å². The number of imide groups is 1. The quantitative estimate of drug-likeness (QED) is 0.110. The highest BCUT2D eigenvalue weighted by Gasteiger charge is 2.39. The van der Waals surface area contributed by atoms with Gasteiger partial charge in [-0.3, -0.25) is 24.1 Å². The van der Waals surface area contributed by atoms with Crippen molar-refractivity contribution in [3.63, 3.8) is 0 Å². The van der Waals surface area contributed by atoms with Gasteiger partial charge in [-0.15, -0.1) is 0 Å². The van der Waals surface area contributed by atoms with Gasteiger partial charge in [-0.2, -0.15) is 0 Å². The molecule has 1 aliphatic heterocycles. The maximum atomic E-state index is 13.3. The number of aryl methyl sites for hydroxylation is 1. The van der Waals surface area contributed by atoms with Crippen molar-refractivity contribution in [1.29, 1.82) is 0 Å². The third-order valence-corrected chi connectivity index (χ3v) is 8.55. The molecular formula is C33H44N4O7P+. The molecule has 3 aromatic rings. The van der Waals surface area contributed by atoms with Crippen molar-refractivity contribution in [3.8, 4) is 5.75 Å². The molecule has 0 spiro atoms. The Morgan fingerprint density at radius 3 is 2.22 bits per heavy atom. The molecule has 0 saturated carbocycles. The Labute approximate surface area is 264 Å². The number of benzene rings is 2. The largest absolute Gasteiger partial charge is 0.492 e. The zero-order valence-corrected chi connectivity index (χ0v) is 28.1. The van der Waals surface area contributed by atoms with Gasteiger partial charge in [0.25, 0.3) is 17.6 Å². The van der Waals surface area contributed by atoms with E-state index < -0.39 is 19.2 Å². The fraction of sp³-hybridized carbons (Fsp3) is 0.485. The number of esters is 1. The van der Waals surface area contributed by atoms with Crippen LogP contribution in [0.5, 0.6) is 5.75 Å². The summed E-state index contributed by atoms with van der Waals surface area (Å²) in [5.41, 5.74) is 2.39. The van der Waals surface area contributed by atoms with Gasteiger partial charge in [0.2, 0.25) is 5.91 Å². The molecule has 3 amide bonds. The Morgan fingerprint density at radius 1 is 1.02 bits per heavy atom. The van der Waals surface area contributed by atoms with E-state index in [-0.39, 0.29) is 49.6 Å². The minimum Gasteiger partial charge on any atom is -0.492 e. The Morgan fingerprint density at radius 2 is 1.67 bits per heavy atom. The van der Waals surface area contributed by atoms with Crippen LogP contribution in [0.4, 0.5) is 0 Å². The van der Waals surface area contributed by atoms with Crippen LogP contribution in [0.25, 0.3) is 11.0 Å². The smallest absolute Gasteiger partial charge is 0.303 e. The minimum absolute atomic E-state index is 0.0267. The fourth-order valence-electron chi connectivity index (χ4n) is 5.73. The number of aromatic nitrogens is 2. The average Bonchev–Trinajstić information content (AvgIpc) is 3.37. The first-order valence-electron chi connectivity index (χ1n) is 15.3. The van der Waals surface area contributed by atoms with Crippen molar-refractivity contribution in [1.82, 2.24) is 14.4 Å². The predicted octanol–water partition coefficient (Wildman–Crippen LogP) is 4.53. The third-order valence-electron chi connectivity index (χ3n) is 7.53. The van der Waals surface area contributed by atoms with Crippen molar-refractivity contribution in [2.45, 2.75) is 66.8 Å². The summed E-state index contributed by atoms with van der Waals surface area (Å²) in [6.07, 6.45) is 0.0655. The van der Waals surface area contributed by atoms with Crippen LogP contribution in [0.1, 0.15) is 67.6 Å². The van der Waals surface area contributed by atoms with Crippen LogP contribution in [-0.2, 0) is 38.5 Å². The van der Waals surface area contributed by atoms with E-state index in [2.05, 4.69) is 0 Å². The molecule has 12 heteroatoms. The Hall–Kier alpha value is -3.98. The Bertz CT molecular complexity index is 1620. The summed E-state index contributed by atoms with van der Waals surface area (Å²) in [5.74, 6) is 0.268. The molecule has 0 aliphatic carbocycles. The minimum atomic E-state index is -2.49. The lowest BCUT2D eigenvalue weighted by Crippen LogP contribution is -2.42. The van der Waals surface area contributed by atoms with Crippen molar-refractivity contribution in [3.05, 3.63) is 59.4 Å². The van der Waals surface area contributed by atoms with Crippen LogP contribution in [0.15, 0.2) is 42.5 Å². The summed E-state index contributed by atoms with van der Waals surface area (Å²) >= 11 is 0. The normalized spacial score (nSPS) is 13.8. The second kappa shape index (κ2) is 14.0. The molecule has 0 N–H and O–H groups in total. The summed E-state index contributed by atoms with van der Waals surface area (Å²) in [4.78, 5) is 54.1. The third kappa shape index (κ3) is 8.00. The number of fused-ring (bicyclic) bond motifs is 2. The van der Waals surface area contributed by atoms with E-state index in [0.717, 1.165) is 11.0 Å². The highest BCUT2D eigenvalue weighted by molar-refractivity contribution is 7.62. The summed E-state index contributed by atoms with van der Waals surface area (Å²) < 4.78 is 28.2. The predicted molar refractivity (Wildman–Crippen MR) is 171 cm³/mol. The van der Waals surface area contributed by atoms with Gasteiger partial charge in [0, 0.05) is 19.4 Å². The van der Waals surface area contributed by atoms with E-state index in [1.807, 2.05) is 48.1 Å². The van der Waals surface area contributed by atoms with Gasteiger partial charge in [0.05, 0.1) is 30.5 Å². The standard InChI is InChI=1S/C33H44N4O7P/c1-8-35-28-14-13-25(43-16-15-34(21-45(6,7)42)31(39)17-22(2)3)18-29(28)36(19-23(4)44-24(5)38)30(35)20-37-32(40)26-11-9-10-12-27(26)33(37)41/h9-14,18,22-23H,8,15-17,19-21H2,1-7H3/q+1/t23-/m0/s1. The summed E-state index contributed by atoms with van der Waals surface area (Å²) in [5, 5.41) is 0. The molecule has 1 aromatic heterocycles. The van der Waals surface area contributed by atoms with Gasteiger partial charge in [0.15, 0.2) is 11.0 Å². The van der Waals surface area contributed by atoms with Crippen LogP contribution >= 0.6 is 7.14 Å². The van der Waals surface area contributed by atoms with Gasteiger partial charge in [-0.1, -0.05) is 26.0 Å². The molecular weight excluding hydrogens is 595 g/mol.